The van der Waals surface area contributed by atoms with Crippen molar-refractivity contribution in [3.8, 4) is 11.3 Å². The lowest BCUT2D eigenvalue weighted by atomic mass is 10.1. The van der Waals surface area contributed by atoms with Crippen molar-refractivity contribution < 1.29 is 18.7 Å². The fraction of sp³-hybridized carbons (Fsp3) is 0.0833. The molecule has 0 fully saturated rings. The standard InChI is InChI=1S/C12H8F2N2O2/c1-6-2-3-7(4-8(6)13)10-9(14)11(12(17)18)16-5-15-10/h2-5H,1H3,(H,17,18). The van der Waals surface area contributed by atoms with Gasteiger partial charge in [-0.1, -0.05) is 12.1 Å². The lowest BCUT2D eigenvalue weighted by Gasteiger charge is -2.05. The largest absolute Gasteiger partial charge is 0.476 e. The molecule has 2 aromatic rings. The van der Waals surface area contributed by atoms with Gasteiger partial charge in [-0.3, -0.25) is 0 Å². The van der Waals surface area contributed by atoms with E-state index in [1.807, 2.05) is 0 Å². The molecule has 0 saturated carbocycles. The molecule has 0 spiro atoms. The molecule has 92 valence electrons. The maximum absolute atomic E-state index is 13.8. The fourth-order valence-corrected chi connectivity index (χ4v) is 1.46. The highest BCUT2D eigenvalue weighted by Gasteiger charge is 2.18. The summed E-state index contributed by atoms with van der Waals surface area (Å²) in [5.74, 6) is -3.08. The molecular formula is C12H8F2N2O2. The second kappa shape index (κ2) is 4.48. The first-order chi connectivity index (χ1) is 8.50. The Bertz CT molecular complexity index is 629. The van der Waals surface area contributed by atoms with Crippen LogP contribution in [-0.4, -0.2) is 21.0 Å². The van der Waals surface area contributed by atoms with E-state index >= 15 is 0 Å². The van der Waals surface area contributed by atoms with E-state index in [0.717, 1.165) is 12.4 Å². The van der Waals surface area contributed by atoms with E-state index in [0.29, 0.717) is 5.56 Å². The molecule has 0 aliphatic rings. The second-order valence-corrected chi connectivity index (χ2v) is 3.65. The Morgan fingerprint density at radius 3 is 2.61 bits per heavy atom. The molecule has 0 saturated heterocycles. The average molecular weight is 250 g/mol. The molecule has 1 aromatic carbocycles. The number of nitrogens with zero attached hydrogens (tertiary/aromatic N) is 2. The summed E-state index contributed by atoms with van der Waals surface area (Å²) in [4.78, 5) is 17.7. The maximum Gasteiger partial charge on any atom is 0.357 e. The number of benzene rings is 1. The molecule has 1 heterocycles. The molecule has 18 heavy (non-hydrogen) atoms. The van der Waals surface area contributed by atoms with E-state index in [2.05, 4.69) is 9.97 Å². The van der Waals surface area contributed by atoms with Crippen LogP contribution < -0.4 is 0 Å². The summed E-state index contributed by atoms with van der Waals surface area (Å²) in [7, 11) is 0. The smallest absolute Gasteiger partial charge is 0.357 e. The van der Waals surface area contributed by atoms with Crippen LogP contribution >= 0.6 is 0 Å². The third-order valence-electron chi connectivity index (χ3n) is 2.44. The molecule has 0 unspecified atom stereocenters. The van der Waals surface area contributed by atoms with Crippen LogP contribution in [0, 0.1) is 18.6 Å². The van der Waals surface area contributed by atoms with Gasteiger partial charge in [0.1, 0.15) is 17.8 Å². The first-order valence-corrected chi connectivity index (χ1v) is 5.01. The van der Waals surface area contributed by atoms with E-state index in [9.17, 15) is 13.6 Å². The minimum atomic E-state index is -1.50. The van der Waals surface area contributed by atoms with Crippen molar-refractivity contribution in [2.24, 2.45) is 0 Å². The van der Waals surface area contributed by atoms with Crippen molar-refractivity contribution in [1.82, 2.24) is 9.97 Å². The summed E-state index contributed by atoms with van der Waals surface area (Å²) in [5, 5.41) is 8.73. The number of carboxylic acid groups (broad SMARTS) is 1. The molecule has 1 N–H and O–H groups in total. The van der Waals surface area contributed by atoms with Crippen LogP contribution in [0.4, 0.5) is 8.78 Å². The molecule has 0 atom stereocenters. The van der Waals surface area contributed by atoms with Crippen LogP contribution in [0.1, 0.15) is 16.1 Å². The van der Waals surface area contributed by atoms with Gasteiger partial charge < -0.3 is 5.11 Å². The quantitative estimate of drug-likeness (QED) is 0.889. The number of aromatic nitrogens is 2. The molecular weight excluding hydrogens is 242 g/mol. The number of hydrogen-bond acceptors (Lipinski definition) is 3. The van der Waals surface area contributed by atoms with Crippen molar-refractivity contribution in [3.05, 3.63) is 47.4 Å². The van der Waals surface area contributed by atoms with E-state index in [-0.39, 0.29) is 11.3 Å². The Hall–Kier alpha value is -2.37. The van der Waals surface area contributed by atoms with Gasteiger partial charge in [-0.2, -0.15) is 0 Å². The molecule has 0 aliphatic heterocycles. The monoisotopic (exact) mass is 250 g/mol. The lowest BCUT2D eigenvalue weighted by Crippen LogP contribution is -2.07. The van der Waals surface area contributed by atoms with Gasteiger partial charge in [0.25, 0.3) is 0 Å². The third kappa shape index (κ3) is 2.04. The molecule has 2 rings (SSSR count). The highest BCUT2D eigenvalue weighted by molar-refractivity contribution is 5.87. The molecule has 0 radical (unpaired) electrons. The molecule has 0 amide bonds. The maximum atomic E-state index is 13.8. The summed E-state index contributed by atoms with van der Waals surface area (Å²) >= 11 is 0. The predicted octanol–water partition coefficient (Wildman–Crippen LogP) is 2.43. The topological polar surface area (TPSA) is 63.1 Å². The Morgan fingerprint density at radius 1 is 1.28 bits per heavy atom. The molecule has 6 heteroatoms. The first-order valence-electron chi connectivity index (χ1n) is 5.01. The van der Waals surface area contributed by atoms with Crippen molar-refractivity contribution in [2.75, 3.05) is 0 Å². The summed E-state index contributed by atoms with van der Waals surface area (Å²) < 4.78 is 27.2. The number of aryl methyl sites for hydroxylation is 1. The van der Waals surface area contributed by atoms with Gasteiger partial charge in [0.05, 0.1) is 0 Å². The molecule has 0 bridgehead atoms. The normalized spacial score (nSPS) is 10.4. The van der Waals surface area contributed by atoms with Crippen molar-refractivity contribution in [1.29, 1.82) is 0 Å². The SMILES string of the molecule is Cc1ccc(-c2ncnc(C(=O)O)c2F)cc1F. The lowest BCUT2D eigenvalue weighted by molar-refractivity contribution is 0.0684. The van der Waals surface area contributed by atoms with Crippen LogP contribution in [0.3, 0.4) is 0 Å². The fourth-order valence-electron chi connectivity index (χ4n) is 1.46. The Kier molecular flexibility index (Phi) is 3.01. The third-order valence-corrected chi connectivity index (χ3v) is 2.44. The Labute approximate surface area is 101 Å². The van der Waals surface area contributed by atoms with Gasteiger partial charge in [-0.15, -0.1) is 0 Å². The van der Waals surface area contributed by atoms with E-state index in [4.69, 9.17) is 5.11 Å². The molecule has 0 aliphatic carbocycles. The summed E-state index contributed by atoms with van der Waals surface area (Å²) in [5.41, 5.74) is -0.394. The summed E-state index contributed by atoms with van der Waals surface area (Å²) in [6.07, 6.45) is 0.930. The first kappa shape index (κ1) is 12.1. The number of aromatic carboxylic acids is 1. The van der Waals surface area contributed by atoms with Crippen LogP contribution in [-0.2, 0) is 0 Å². The van der Waals surface area contributed by atoms with Gasteiger partial charge >= 0.3 is 5.97 Å². The zero-order valence-corrected chi connectivity index (χ0v) is 9.32. The minimum absolute atomic E-state index is 0.167. The van der Waals surface area contributed by atoms with Crippen molar-refractivity contribution in [2.45, 2.75) is 6.92 Å². The van der Waals surface area contributed by atoms with Gasteiger partial charge in [0.15, 0.2) is 11.5 Å². The van der Waals surface area contributed by atoms with Crippen molar-refractivity contribution >= 4 is 5.97 Å². The number of hydrogen-bond donors (Lipinski definition) is 1. The molecule has 1 aromatic heterocycles. The summed E-state index contributed by atoms with van der Waals surface area (Å²) in [6.45, 7) is 1.57. The van der Waals surface area contributed by atoms with Crippen LogP contribution in [0.5, 0.6) is 0 Å². The van der Waals surface area contributed by atoms with Crippen LogP contribution in [0.25, 0.3) is 11.3 Å². The number of rotatable bonds is 2. The highest BCUT2D eigenvalue weighted by atomic mass is 19.1. The number of carboxylic acids is 1. The van der Waals surface area contributed by atoms with E-state index < -0.39 is 23.3 Å². The average Bonchev–Trinajstić information content (AvgIpc) is 2.33. The Morgan fingerprint density at radius 2 is 2.00 bits per heavy atom. The zero-order chi connectivity index (χ0) is 13.3. The van der Waals surface area contributed by atoms with E-state index in [1.165, 1.54) is 12.1 Å². The number of carbonyl (C=O) groups is 1. The number of halogens is 2. The minimum Gasteiger partial charge on any atom is -0.476 e. The highest BCUT2D eigenvalue weighted by Crippen LogP contribution is 2.23. The second-order valence-electron chi connectivity index (χ2n) is 3.65. The Balaban J connectivity index is 2.60. The van der Waals surface area contributed by atoms with Crippen LogP contribution in [0.2, 0.25) is 0 Å². The zero-order valence-electron chi connectivity index (χ0n) is 9.32. The van der Waals surface area contributed by atoms with Crippen molar-refractivity contribution in [3.63, 3.8) is 0 Å². The van der Waals surface area contributed by atoms with Gasteiger partial charge in [0.2, 0.25) is 0 Å². The van der Waals surface area contributed by atoms with E-state index in [1.54, 1.807) is 6.92 Å². The van der Waals surface area contributed by atoms with Gasteiger partial charge in [-0.05, 0) is 18.6 Å². The predicted molar refractivity (Wildman–Crippen MR) is 59.1 cm³/mol. The van der Waals surface area contributed by atoms with Gasteiger partial charge in [-0.25, -0.2) is 23.5 Å². The van der Waals surface area contributed by atoms with Crippen LogP contribution in [0.15, 0.2) is 24.5 Å². The van der Waals surface area contributed by atoms with Gasteiger partial charge in [0, 0.05) is 5.56 Å². The molecule has 4 nitrogen and oxygen atoms in total. The summed E-state index contributed by atoms with van der Waals surface area (Å²) in [6, 6.07) is 4.04.